The largest absolute Gasteiger partial charge is 0.320 e. The van der Waals surface area contributed by atoms with Gasteiger partial charge in [0.25, 0.3) is 17.5 Å². The molecule has 0 spiro atoms. The first kappa shape index (κ1) is 22.8. The van der Waals surface area contributed by atoms with E-state index in [4.69, 9.17) is 0 Å². The van der Waals surface area contributed by atoms with Crippen LogP contribution in [0.2, 0.25) is 0 Å². The molecule has 4 rings (SSSR count). The topological polar surface area (TPSA) is 151 Å². The van der Waals surface area contributed by atoms with Crippen molar-refractivity contribution in [1.29, 1.82) is 0 Å². The summed E-state index contributed by atoms with van der Waals surface area (Å²) in [6.07, 6.45) is 0.386. The van der Waals surface area contributed by atoms with Crippen LogP contribution in [0.1, 0.15) is 52.5 Å². The van der Waals surface area contributed by atoms with E-state index in [1.807, 2.05) is 0 Å². The Balaban J connectivity index is 1.39. The van der Waals surface area contributed by atoms with Gasteiger partial charge in [0, 0.05) is 36.9 Å². The molecule has 0 bridgehead atoms. The Morgan fingerprint density at radius 2 is 1.85 bits per heavy atom. The summed E-state index contributed by atoms with van der Waals surface area (Å²) >= 11 is 0. The molecule has 0 fully saturated rings. The van der Waals surface area contributed by atoms with Crippen molar-refractivity contribution >= 4 is 40.7 Å². The van der Waals surface area contributed by atoms with Crippen LogP contribution in [0.25, 0.3) is 0 Å². The van der Waals surface area contributed by atoms with Crippen molar-refractivity contribution in [1.82, 2.24) is 10.3 Å². The second-order valence-electron chi connectivity index (χ2n) is 8.09. The standard InChI is InChI=1S/C23H21N5O6/c1-13-11-20(30)25-26-21(13)14-8-9-17(18(12-14)28(33)34)24-19(29)7-4-10-27-22(31)15-5-2-3-6-16(15)23(27)32/h2-3,5-6,8-9,12-13H,4,7,10-11H2,1H3,(H,24,29)(H,25,30). The molecule has 1 atom stereocenters. The lowest BCUT2D eigenvalue weighted by molar-refractivity contribution is -0.383. The molecule has 0 saturated carbocycles. The average Bonchev–Trinajstić information content (AvgIpc) is 3.04. The third kappa shape index (κ3) is 4.40. The Labute approximate surface area is 194 Å². The van der Waals surface area contributed by atoms with Gasteiger partial charge in [-0.1, -0.05) is 25.1 Å². The zero-order chi connectivity index (χ0) is 24.4. The van der Waals surface area contributed by atoms with Gasteiger partial charge in [0.2, 0.25) is 11.8 Å². The van der Waals surface area contributed by atoms with Gasteiger partial charge in [0.1, 0.15) is 5.69 Å². The van der Waals surface area contributed by atoms with Crippen LogP contribution in [0.15, 0.2) is 47.6 Å². The first-order valence-corrected chi connectivity index (χ1v) is 10.7. The van der Waals surface area contributed by atoms with Crippen molar-refractivity contribution in [2.45, 2.75) is 26.2 Å². The van der Waals surface area contributed by atoms with Gasteiger partial charge in [0.05, 0.1) is 21.8 Å². The summed E-state index contributed by atoms with van der Waals surface area (Å²) in [4.78, 5) is 60.8. The zero-order valence-electron chi connectivity index (χ0n) is 18.2. The fourth-order valence-corrected chi connectivity index (χ4v) is 4.00. The number of anilines is 1. The first-order valence-electron chi connectivity index (χ1n) is 10.7. The van der Waals surface area contributed by atoms with Crippen LogP contribution < -0.4 is 10.7 Å². The van der Waals surface area contributed by atoms with Crippen molar-refractivity contribution in [3.63, 3.8) is 0 Å². The number of carbonyl (C=O) groups is 4. The van der Waals surface area contributed by atoms with Crippen molar-refractivity contribution in [2.24, 2.45) is 11.0 Å². The molecule has 11 nitrogen and oxygen atoms in total. The number of rotatable bonds is 7. The molecular formula is C23H21N5O6. The second kappa shape index (κ2) is 9.22. The van der Waals surface area contributed by atoms with Crippen molar-refractivity contribution in [3.8, 4) is 0 Å². The summed E-state index contributed by atoms with van der Waals surface area (Å²) in [7, 11) is 0. The number of nitro groups is 1. The first-order chi connectivity index (χ1) is 16.3. The summed E-state index contributed by atoms with van der Waals surface area (Å²) < 4.78 is 0. The predicted octanol–water partition coefficient (Wildman–Crippen LogP) is 2.47. The molecule has 0 aromatic heterocycles. The number of hydrogen-bond donors (Lipinski definition) is 2. The van der Waals surface area contributed by atoms with Crippen LogP contribution in [0.5, 0.6) is 0 Å². The summed E-state index contributed by atoms with van der Waals surface area (Å²) in [5, 5.41) is 18.1. The minimum Gasteiger partial charge on any atom is -0.320 e. The van der Waals surface area contributed by atoms with Crippen molar-refractivity contribution < 1.29 is 24.1 Å². The van der Waals surface area contributed by atoms with E-state index in [0.717, 1.165) is 4.90 Å². The molecule has 4 amide bonds. The minimum atomic E-state index is -0.607. The lowest BCUT2D eigenvalue weighted by Gasteiger charge is -2.19. The van der Waals surface area contributed by atoms with Crippen LogP contribution in [0.4, 0.5) is 11.4 Å². The average molecular weight is 463 g/mol. The molecule has 34 heavy (non-hydrogen) atoms. The number of hydrazone groups is 1. The molecule has 2 N–H and O–H groups in total. The number of nitrogens with zero attached hydrogens (tertiary/aromatic N) is 3. The lowest BCUT2D eigenvalue weighted by Crippen LogP contribution is -2.32. The molecule has 2 aromatic carbocycles. The molecule has 2 heterocycles. The van der Waals surface area contributed by atoms with Crippen molar-refractivity contribution in [2.75, 3.05) is 11.9 Å². The van der Waals surface area contributed by atoms with Crippen LogP contribution in [-0.4, -0.2) is 45.7 Å². The monoisotopic (exact) mass is 463 g/mol. The third-order valence-corrected chi connectivity index (χ3v) is 5.69. The van der Waals surface area contributed by atoms with Gasteiger partial charge in [-0.05, 0) is 24.6 Å². The predicted molar refractivity (Wildman–Crippen MR) is 121 cm³/mol. The number of benzene rings is 2. The van der Waals surface area contributed by atoms with Gasteiger partial charge < -0.3 is 5.32 Å². The van der Waals surface area contributed by atoms with E-state index in [1.54, 1.807) is 37.3 Å². The molecular weight excluding hydrogens is 442 g/mol. The lowest BCUT2D eigenvalue weighted by atomic mass is 9.93. The normalized spacial score (nSPS) is 17.2. The van der Waals surface area contributed by atoms with Gasteiger partial charge in [-0.25, -0.2) is 5.43 Å². The van der Waals surface area contributed by atoms with E-state index in [0.29, 0.717) is 22.4 Å². The maximum atomic E-state index is 12.4. The molecule has 2 aromatic rings. The summed E-state index contributed by atoms with van der Waals surface area (Å²) in [6.45, 7) is 1.86. The summed E-state index contributed by atoms with van der Waals surface area (Å²) in [5.41, 5.74) is 3.75. The molecule has 0 radical (unpaired) electrons. The summed E-state index contributed by atoms with van der Waals surface area (Å²) in [6, 6.07) is 10.8. The van der Waals surface area contributed by atoms with Crippen LogP contribution in [-0.2, 0) is 9.59 Å². The Hall–Kier alpha value is -4.41. The van der Waals surface area contributed by atoms with E-state index >= 15 is 0 Å². The molecule has 2 aliphatic rings. The second-order valence-corrected chi connectivity index (χ2v) is 8.09. The van der Waals surface area contributed by atoms with Crippen LogP contribution in [0, 0.1) is 16.0 Å². The molecule has 2 aliphatic heterocycles. The van der Waals surface area contributed by atoms with E-state index < -0.39 is 22.6 Å². The van der Waals surface area contributed by atoms with E-state index in [2.05, 4.69) is 15.8 Å². The fourth-order valence-electron chi connectivity index (χ4n) is 4.00. The Morgan fingerprint density at radius 3 is 2.47 bits per heavy atom. The smallest absolute Gasteiger partial charge is 0.293 e. The van der Waals surface area contributed by atoms with Gasteiger partial charge in [-0.2, -0.15) is 5.10 Å². The van der Waals surface area contributed by atoms with Gasteiger partial charge in [0.15, 0.2) is 0 Å². The number of fused-ring (bicyclic) bond motifs is 1. The number of amides is 4. The Kier molecular flexibility index (Phi) is 6.17. The molecule has 11 heteroatoms. The van der Waals surface area contributed by atoms with Crippen LogP contribution >= 0.6 is 0 Å². The maximum Gasteiger partial charge on any atom is 0.293 e. The third-order valence-electron chi connectivity index (χ3n) is 5.69. The highest BCUT2D eigenvalue weighted by atomic mass is 16.6. The van der Waals surface area contributed by atoms with E-state index in [-0.39, 0.29) is 49.0 Å². The highest BCUT2D eigenvalue weighted by Crippen LogP contribution is 2.28. The Bertz CT molecular complexity index is 1220. The molecule has 0 saturated heterocycles. The van der Waals surface area contributed by atoms with Gasteiger partial charge >= 0.3 is 0 Å². The van der Waals surface area contributed by atoms with E-state index in [9.17, 15) is 29.3 Å². The van der Waals surface area contributed by atoms with Crippen molar-refractivity contribution in [3.05, 3.63) is 69.3 Å². The maximum absolute atomic E-state index is 12.4. The van der Waals surface area contributed by atoms with Crippen LogP contribution in [0.3, 0.4) is 0 Å². The number of imide groups is 1. The quantitative estimate of drug-likeness (QED) is 0.366. The van der Waals surface area contributed by atoms with Gasteiger partial charge in [-0.3, -0.25) is 34.2 Å². The highest BCUT2D eigenvalue weighted by molar-refractivity contribution is 6.21. The fraction of sp³-hybridized carbons (Fsp3) is 0.261. The van der Waals surface area contributed by atoms with E-state index in [1.165, 1.54) is 12.1 Å². The number of carbonyl (C=O) groups excluding carboxylic acids is 4. The highest BCUT2D eigenvalue weighted by Gasteiger charge is 2.34. The zero-order valence-corrected chi connectivity index (χ0v) is 18.2. The number of nitrogens with one attached hydrogen (secondary N) is 2. The SMILES string of the molecule is CC1CC(=O)NN=C1c1ccc(NC(=O)CCCN2C(=O)c3ccccc3C2=O)c([N+](=O)[O-])c1. The number of hydrogen-bond acceptors (Lipinski definition) is 7. The molecule has 0 aliphatic carbocycles. The molecule has 1 unspecified atom stereocenters. The Morgan fingerprint density at radius 1 is 1.18 bits per heavy atom. The summed E-state index contributed by atoms with van der Waals surface area (Å²) in [5.74, 6) is -1.72. The van der Waals surface area contributed by atoms with Gasteiger partial charge in [-0.15, -0.1) is 0 Å². The minimum absolute atomic E-state index is 0.0209. The number of nitro benzene ring substituents is 1. The molecule has 174 valence electrons.